The second-order valence-corrected chi connectivity index (χ2v) is 6.64. The van der Waals surface area contributed by atoms with Crippen LogP contribution in [0.5, 0.6) is 0 Å². The third-order valence-corrected chi connectivity index (χ3v) is 4.65. The second-order valence-electron chi connectivity index (χ2n) is 4.55. The van der Waals surface area contributed by atoms with Crippen molar-refractivity contribution in [3.8, 4) is 0 Å². The van der Waals surface area contributed by atoms with Crippen LogP contribution in [0.4, 0.5) is 10.1 Å². The van der Waals surface area contributed by atoms with Gasteiger partial charge in [0.1, 0.15) is 5.82 Å². The summed E-state index contributed by atoms with van der Waals surface area (Å²) >= 11 is 5.90. The van der Waals surface area contributed by atoms with E-state index in [1.54, 1.807) is 13.0 Å². The molecule has 0 atom stereocenters. The largest absolute Gasteiger partial charge is 0.326 e. The fourth-order valence-electron chi connectivity index (χ4n) is 1.80. The van der Waals surface area contributed by atoms with Crippen LogP contribution in [0, 0.1) is 12.7 Å². The summed E-state index contributed by atoms with van der Waals surface area (Å²) in [7, 11) is -3.91. The molecule has 7 heteroatoms. The highest BCUT2D eigenvalue weighted by Crippen LogP contribution is 2.23. The predicted molar refractivity (Wildman–Crippen MR) is 81.3 cm³/mol. The van der Waals surface area contributed by atoms with Gasteiger partial charge in [-0.15, -0.1) is 0 Å². The third-order valence-electron chi connectivity index (χ3n) is 2.91. The zero-order valence-corrected chi connectivity index (χ0v) is 12.8. The molecular formula is C14H14ClFN2O2S. The van der Waals surface area contributed by atoms with Crippen LogP contribution in [0.15, 0.2) is 41.3 Å². The fourth-order valence-corrected chi connectivity index (χ4v) is 3.10. The molecule has 0 spiro atoms. The first kappa shape index (κ1) is 15.8. The number of benzene rings is 2. The normalized spacial score (nSPS) is 11.4. The lowest BCUT2D eigenvalue weighted by molar-refractivity contribution is 0.598. The SMILES string of the molecule is Cc1ccc(F)c(NS(=O)(=O)c2ccc(Cl)c(CN)c2)c1. The number of hydrogen-bond donors (Lipinski definition) is 2. The van der Waals surface area contributed by atoms with Gasteiger partial charge < -0.3 is 5.73 Å². The van der Waals surface area contributed by atoms with Crippen molar-refractivity contribution in [3.05, 3.63) is 58.4 Å². The maximum atomic E-state index is 13.7. The van der Waals surface area contributed by atoms with Crippen LogP contribution < -0.4 is 10.5 Å². The minimum absolute atomic E-state index is 0.0201. The van der Waals surface area contributed by atoms with Crippen LogP contribution in [0.2, 0.25) is 5.02 Å². The van der Waals surface area contributed by atoms with Gasteiger partial charge in [0.25, 0.3) is 10.0 Å². The summed E-state index contributed by atoms with van der Waals surface area (Å²) in [6, 6.07) is 8.36. The van der Waals surface area contributed by atoms with Gasteiger partial charge in [-0.05, 0) is 48.4 Å². The van der Waals surface area contributed by atoms with Crippen LogP contribution in [-0.4, -0.2) is 8.42 Å². The minimum atomic E-state index is -3.91. The lowest BCUT2D eigenvalue weighted by atomic mass is 10.2. The molecule has 0 saturated heterocycles. The third kappa shape index (κ3) is 3.53. The Labute approximate surface area is 127 Å². The molecule has 0 radical (unpaired) electrons. The number of nitrogens with two attached hydrogens (primary N) is 1. The molecule has 0 aliphatic rings. The number of nitrogens with one attached hydrogen (secondary N) is 1. The summed E-state index contributed by atoms with van der Waals surface area (Å²) in [6.45, 7) is 1.85. The molecule has 0 aromatic heterocycles. The van der Waals surface area contributed by atoms with E-state index in [4.69, 9.17) is 17.3 Å². The van der Waals surface area contributed by atoms with Gasteiger partial charge >= 0.3 is 0 Å². The topological polar surface area (TPSA) is 72.2 Å². The Kier molecular flexibility index (Phi) is 4.51. The molecule has 21 heavy (non-hydrogen) atoms. The molecule has 2 rings (SSSR count). The number of rotatable bonds is 4. The van der Waals surface area contributed by atoms with E-state index in [1.165, 1.54) is 30.3 Å². The maximum Gasteiger partial charge on any atom is 0.261 e. The molecule has 0 aliphatic carbocycles. The van der Waals surface area contributed by atoms with Crippen molar-refractivity contribution in [1.29, 1.82) is 0 Å². The summed E-state index contributed by atoms with van der Waals surface area (Å²) in [5.41, 5.74) is 6.65. The molecule has 0 amide bonds. The van der Waals surface area contributed by atoms with Crippen LogP contribution in [0.25, 0.3) is 0 Å². The van der Waals surface area contributed by atoms with E-state index in [1.807, 2.05) is 0 Å². The zero-order chi connectivity index (χ0) is 15.6. The zero-order valence-electron chi connectivity index (χ0n) is 11.2. The van der Waals surface area contributed by atoms with Gasteiger partial charge in [-0.25, -0.2) is 12.8 Å². The lowest BCUT2D eigenvalue weighted by Crippen LogP contribution is -2.14. The molecule has 0 heterocycles. The molecule has 4 nitrogen and oxygen atoms in total. The highest BCUT2D eigenvalue weighted by atomic mass is 35.5. The van der Waals surface area contributed by atoms with Crippen LogP contribution in [0.1, 0.15) is 11.1 Å². The first-order valence-corrected chi connectivity index (χ1v) is 7.97. The van der Waals surface area contributed by atoms with E-state index in [9.17, 15) is 12.8 Å². The summed E-state index contributed by atoms with van der Waals surface area (Å²) in [5, 5.41) is 0.387. The Morgan fingerprint density at radius 3 is 2.62 bits per heavy atom. The standard InChI is InChI=1S/C14H14ClFN2O2S/c1-9-2-5-13(16)14(6-9)18-21(19,20)11-3-4-12(15)10(7-11)8-17/h2-7,18H,8,17H2,1H3. The van der Waals surface area contributed by atoms with E-state index in [-0.39, 0.29) is 17.1 Å². The first-order chi connectivity index (χ1) is 9.83. The Morgan fingerprint density at radius 2 is 1.95 bits per heavy atom. The number of hydrogen-bond acceptors (Lipinski definition) is 3. The summed E-state index contributed by atoms with van der Waals surface area (Å²) < 4.78 is 40.5. The van der Waals surface area contributed by atoms with Crippen molar-refractivity contribution in [1.82, 2.24) is 0 Å². The van der Waals surface area contributed by atoms with Crippen molar-refractivity contribution < 1.29 is 12.8 Å². The summed E-state index contributed by atoms with van der Waals surface area (Å²) in [4.78, 5) is -0.0201. The quantitative estimate of drug-likeness (QED) is 0.906. The molecule has 112 valence electrons. The van der Waals surface area contributed by atoms with Gasteiger partial charge in [-0.2, -0.15) is 0 Å². The van der Waals surface area contributed by atoms with E-state index < -0.39 is 15.8 Å². The van der Waals surface area contributed by atoms with E-state index in [2.05, 4.69) is 4.72 Å². The van der Waals surface area contributed by atoms with Gasteiger partial charge in [-0.3, -0.25) is 4.72 Å². The average Bonchev–Trinajstić information content (AvgIpc) is 2.43. The van der Waals surface area contributed by atoms with E-state index in [0.717, 1.165) is 5.56 Å². The smallest absolute Gasteiger partial charge is 0.261 e. The summed E-state index contributed by atoms with van der Waals surface area (Å²) in [5.74, 6) is -0.641. The second kappa shape index (κ2) is 6.01. The van der Waals surface area contributed by atoms with Crippen molar-refractivity contribution in [2.75, 3.05) is 4.72 Å². The molecule has 2 aromatic carbocycles. The van der Waals surface area contributed by atoms with Crippen molar-refractivity contribution in [3.63, 3.8) is 0 Å². The predicted octanol–water partition coefficient (Wildman–Crippen LogP) is 3.05. The van der Waals surface area contributed by atoms with Crippen molar-refractivity contribution in [2.45, 2.75) is 18.4 Å². The number of anilines is 1. The molecule has 0 saturated carbocycles. The fraction of sp³-hybridized carbons (Fsp3) is 0.143. The number of aryl methyl sites for hydroxylation is 1. The van der Waals surface area contributed by atoms with Gasteiger partial charge in [0.2, 0.25) is 0 Å². The van der Waals surface area contributed by atoms with Crippen LogP contribution in [0.3, 0.4) is 0 Å². The molecule has 0 unspecified atom stereocenters. The first-order valence-electron chi connectivity index (χ1n) is 6.11. The van der Waals surface area contributed by atoms with Crippen LogP contribution >= 0.6 is 11.6 Å². The Bertz CT molecular complexity index is 779. The highest BCUT2D eigenvalue weighted by Gasteiger charge is 2.17. The Morgan fingerprint density at radius 1 is 1.24 bits per heavy atom. The Hall–Kier alpha value is -1.63. The van der Waals surface area contributed by atoms with Crippen LogP contribution in [-0.2, 0) is 16.6 Å². The lowest BCUT2D eigenvalue weighted by Gasteiger charge is -2.11. The molecule has 0 fully saturated rings. The molecule has 0 bridgehead atoms. The average molecular weight is 329 g/mol. The molecule has 0 aliphatic heterocycles. The van der Waals surface area contributed by atoms with Crippen molar-refractivity contribution >= 4 is 27.3 Å². The van der Waals surface area contributed by atoms with E-state index >= 15 is 0 Å². The van der Waals surface area contributed by atoms with Gasteiger partial charge in [0.05, 0.1) is 10.6 Å². The van der Waals surface area contributed by atoms with Crippen molar-refractivity contribution in [2.24, 2.45) is 5.73 Å². The summed E-state index contributed by atoms with van der Waals surface area (Å²) in [6.07, 6.45) is 0. The Balaban J connectivity index is 2.41. The van der Waals surface area contributed by atoms with Gasteiger partial charge in [0.15, 0.2) is 0 Å². The maximum absolute atomic E-state index is 13.7. The van der Waals surface area contributed by atoms with E-state index in [0.29, 0.717) is 10.6 Å². The molecule has 2 aromatic rings. The molecule has 3 N–H and O–H groups in total. The monoisotopic (exact) mass is 328 g/mol. The minimum Gasteiger partial charge on any atom is -0.326 e. The van der Waals surface area contributed by atoms with Gasteiger partial charge in [-0.1, -0.05) is 17.7 Å². The highest BCUT2D eigenvalue weighted by molar-refractivity contribution is 7.92. The van der Waals surface area contributed by atoms with Gasteiger partial charge in [0, 0.05) is 11.6 Å². The number of sulfonamides is 1. The molecular weight excluding hydrogens is 315 g/mol. The number of halogens is 2.